The van der Waals surface area contributed by atoms with E-state index in [1.807, 2.05) is 0 Å². The first-order chi connectivity index (χ1) is 9.13. The number of carbonyl (C=O) groups is 2. The normalized spacial score (nSPS) is 12.8. The van der Waals surface area contributed by atoms with Crippen molar-refractivity contribution in [3.8, 4) is 5.75 Å². The molecular weight excluding hydrogens is 258 g/mol. The molecule has 0 saturated carbocycles. The van der Waals surface area contributed by atoms with Crippen LogP contribution >= 0.6 is 0 Å². The van der Waals surface area contributed by atoms with E-state index in [4.69, 9.17) is 4.74 Å². The van der Waals surface area contributed by atoms with Crippen LogP contribution in [0, 0.1) is 0 Å². The second kappa shape index (κ2) is 5.29. The third kappa shape index (κ3) is 2.59. The molecule has 1 aromatic rings. The van der Waals surface area contributed by atoms with Crippen LogP contribution in [-0.2, 0) is 9.47 Å². The Balaban J connectivity index is 2.22. The number of fused-ring (bicyclic) bond motifs is 1. The Bertz CT molecular complexity index is 567. The van der Waals surface area contributed by atoms with E-state index < -0.39 is 24.3 Å². The number of hydrogen-bond acceptors (Lipinski definition) is 7. The highest BCUT2D eigenvalue weighted by Gasteiger charge is 2.23. The van der Waals surface area contributed by atoms with Crippen molar-refractivity contribution in [2.45, 2.75) is 0 Å². The molecule has 1 aliphatic rings. The molecule has 0 bridgehead atoms. The standard InChI is InChI=1S/C10H11N3O6/c1-17-10(16)19-5-18-8-6(14)2-3-13-7(8)9(15)11-4-12-13/h2-3,12H,4-5H2,1H3,(H,11,15). The molecule has 1 aliphatic heterocycles. The number of hydrogen-bond donors (Lipinski definition) is 2. The predicted molar refractivity (Wildman–Crippen MR) is 61.4 cm³/mol. The Morgan fingerprint density at radius 2 is 2.26 bits per heavy atom. The summed E-state index contributed by atoms with van der Waals surface area (Å²) in [5, 5.41) is 2.49. The fourth-order valence-corrected chi connectivity index (χ4v) is 1.49. The third-order valence-corrected chi connectivity index (χ3v) is 2.31. The first-order valence-corrected chi connectivity index (χ1v) is 5.24. The van der Waals surface area contributed by atoms with Crippen molar-refractivity contribution in [1.29, 1.82) is 0 Å². The van der Waals surface area contributed by atoms with Gasteiger partial charge < -0.3 is 25.0 Å². The van der Waals surface area contributed by atoms with Gasteiger partial charge in [0.1, 0.15) is 6.67 Å². The molecule has 2 rings (SSSR count). The zero-order chi connectivity index (χ0) is 13.8. The minimum absolute atomic E-state index is 0.00668. The number of aromatic nitrogens is 1. The van der Waals surface area contributed by atoms with Crippen molar-refractivity contribution in [3.63, 3.8) is 0 Å². The number of nitrogens with zero attached hydrogens (tertiary/aromatic N) is 1. The molecule has 9 nitrogen and oxygen atoms in total. The van der Waals surface area contributed by atoms with Crippen LogP contribution in [0.5, 0.6) is 5.75 Å². The lowest BCUT2D eigenvalue weighted by Gasteiger charge is -2.22. The smallest absolute Gasteiger partial charge is 0.451 e. The highest BCUT2D eigenvalue weighted by molar-refractivity contribution is 5.96. The van der Waals surface area contributed by atoms with Crippen molar-refractivity contribution in [3.05, 3.63) is 28.2 Å². The van der Waals surface area contributed by atoms with Gasteiger partial charge in [-0.05, 0) is 0 Å². The number of methoxy groups -OCH3 is 1. The van der Waals surface area contributed by atoms with Crippen molar-refractivity contribution in [1.82, 2.24) is 9.99 Å². The third-order valence-electron chi connectivity index (χ3n) is 2.31. The SMILES string of the molecule is COC(=O)OCOc1c2n(ccc1=O)NCNC2=O. The molecule has 0 unspecified atom stereocenters. The van der Waals surface area contributed by atoms with E-state index in [9.17, 15) is 14.4 Å². The van der Waals surface area contributed by atoms with Gasteiger partial charge in [0, 0.05) is 12.3 Å². The second-order valence-corrected chi connectivity index (χ2v) is 3.43. The molecule has 0 atom stereocenters. The van der Waals surface area contributed by atoms with Crippen molar-refractivity contribution < 1.29 is 23.8 Å². The minimum Gasteiger partial charge on any atom is -0.451 e. The molecule has 102 valence electrons. The summed E-state index contributed by atoms with van der Waals surface area (Å²) in [7, 11) is 1.14. The molecule has 1 aromatic heterocycles. The van der Waals surface area contributed by atoms with Gasteiger partial charge in [0.2, 0.25) is 18.0 Å². The van der Waals surface area contributed by atoms with Gasteiger partial charge in [0.05, 0.1) is 7.11 Å². The van der Waals surface area contributed by atoms with Crippen LogP contribution in [0.4, 0.5) is 4.79 Å². The molecule has 0 aliphatic carbocycles. The van der Waals surface area contributed by atoms with Crippen LogP contribution in [-0.4, -0.2) is 37.3 Å². The molecule has 0 aromatic carbocycles. The number of ether oxygens (including phenoxy) is 3. The number of rotatable bonds is 3. The van der Waals surface area contributed by atoms with Crippen LogP contribution in [0.1, 0.15) is 10.5 Å². The van der Waals surface area contributed by atoms with Gasteiger partial charge in [0.25, 0.3) is 5.91 Å². The molecule has 0 fully saturated rings. The molecule has 9 heteroatoms. The van der Waals surface area contributed by atoms with Crippen molar-refractivity contribution in [2.75, 3.05) is 26.0 Å². The van der Waals surface area contributed by atoms with E-state index in [0.29, 0.717) is 0 Å². The van der Waals surface area contributed by atoms with Crippen LogP contribution in [0.3, 0.4) is 0 Å². The maximum atomic E-state index is 11.7. The Hall–Kier alpha value is -2.71. The summed E-state index contributed by atoms with van der Waals surface area (Å²) < 4.78 is 15.1. The number of carbonyl (C=O) groups excluding carboxylic acids is 2. The number of amides is 1. The summed E-state index contributed by atoms with van der Waals surface area (Å²) in [4.78, 5) is 34.1. The summed E-state index contributed by atoms with van der Waals surface area (Å²) in [5.41, 5.74) is 2.31. The fraction of sp³-hybridized carbons (Fsp3) is 0.300. The van der Waals surface area contributed by atoms with Gasteiger partial charge in [0.15, 0.2) is 5.69 Å². The largest absolute Gasteiger partial charge is 0.510 e. The Morgan fingerprint density at radius 1 is 1.47 bits per heavy atom. The lowest BCUT2D eigenvalue weighted by atomic mass is 10.3. The topological polar surface area (TPSA) is 108 Å². The van der Waals surface area contributed by atoms with Gasteiger partial charge in [-0.2, -0.15) is 0 Å². The fourth-order valence-electron chi connectivity index (χ4n) is 1.49. The van der Waals surface area contributed by atoms with Crippen LogP contribution in [0.25, 0.3) is 0 Å². The summed E-state index contributed by atoms with van der Waals surface area (Å²) in [5.74, 6) is -0.680. The summed E-state index contributed by atoms with van der Waals surface area (Å²) in [6.07, 6.45) is 0.456. The van der Waals surface area contributed by atoms with Crippen LogP contribution < -0.4 is 20.9 Å². The zero-order valence-corrected chi connectivity index (χ0v) is 9.97. The molecule has 2 N–H and O–H groups in total. The van der Waals surface area contributed by atoms with E-state index in [2.05, 4.69) is 20.2 Å². The van der Waals surface area contributed by atoms with E-state index in [1.165, 1.54) is 16.9 Å². The van der Waals surface area contributed by atoms with Crippen molar-refractivity contribution in [2.24, 2.45) is 0 Å². The van der Waals surface area contributed by atoms with Gasteiger partial charge in [-0.25, -0.2) is 4.79 Å². The maximum absolute atomic E-state index is 11.7. The minimum atomic E-state index is -0.951. The summed E-state index contributed by atoms with van der Waals surface area (Å²) in [6, 6.07) is 1.22. The van der Waals surface area contributed by atoms with Crippen LogP contribution in [0.2, 0.25) is 0 Å². The molecule has 0 saturated heterocycles. The van der Waals surface area contributed by atoms with E-state index in [0.717, 1.165) is 7.11 Å². The summed E-state index contributed by atoms with van der Waals surface area (Å²) >= 11 is 0. The molecule has 1 amide bonds. The quantitative estimate of drug-likeness (QED) is 0.547. The van der Waals surface area contributed by atoms with Gasteiger partial charge in [-0.15, -0.1) is 0 Å². The van der Waals surface area contributed by atoms with Gasteiger partial charge in [-0.3, -0.25) is 14.3 Å². The molecule has 0 radical (unpaired) electrons. The first-order valence-electron chi connectivity index (χ1n) is 5.24. The average molecular weight is 269 g/mol. The van der Waals surface area contributed by atoms with Crippen molar-refractivity contribution >= 4 is 12.1 Å². The van der Waals surface area contributed by atoms with Crippen LogP contribution in [0.15, 0.2) is 17.1 Å². The Morgan fingerprint density at radius 3 is 3.00 bits per heavy atom. The predicted octanol–water partition coefficient (Wildman–Crippen LogP) is -0.788. The molecule has 2 heterocycles. The molecular formula is C10H11N3O6. The highest BCUT2D eigenvalue weighted by Crippen LogP contribution is 2.14. The zero-order valence-electron chi connectivity index (χ0n) is 9.97. The maximum Gasteiger partial charge on any atom is 0.510 e. The summed E-state index contributed by atoms with van der Waals surface area (Å²) in [6.45, 7) is -0.307. The van der Waals surface area contributed by atoms with Gasteiger partial charge in [-0.1, -0.05) is 0 Å². The lowest BCUT2D eigenvalue weighted by Crippen LogP contribution is -2.43. The number of pyridine rings is 1. The lowest BCUT2D eigenvalue weighted by molar-refractivity contribution is 0.0140. The number of nitrogens with one attached hydrogen (secondary N) is 2. The Labute approximate surface area is 107 Å². The van der Waals surface area contributed by atoms with E-state index in [1.54, 1.807) is 0 Å². The average Bonchev–Trinajstić information content (AvgIpc) is 2.41. The second-order valence-electron chi connectivity index (χ2n) is 3.43. The monoisotopic (exact) mass is 269 g/mol. The molecule has 0 spiro atoms. The Kier molecular flexibility index (Phi) is 3.55. The van der Waals surface area contributed by atoms with E-state index in [-0.39, 0.29) is 18.1 Å². The van der Waals surface area contributed by atoms with E-state index >= 15 is 0 Å². The first kappa shape index (κ1) is 12.7. The highest BCUT2D eigenvalue weighted by atomic mass is 16.8. The van der Waals surface area contributed by atoms with Gasteiger partial charge >= 0.3 is 6.16 Å². The molecule has 19 heavy (non-hydrogen) atoms.